The maximum Gasteiger partial charge on any atom is 0.319 e. The molecule has 3 N–H and O–H groups in total. The van der Waals surface area contributed by atoms with Crippen LogP contribution in [0.2, 0.25) is 0 Å². The molecule has 53 heavy (non-hydrogen) atoms. The molecule has 0 bridgehead atoms. The maximum atomic E-state index is 12.8. The van der Waals surface area contributed by atoms with Gasteiger partial charge in [0.25, 0.3) is 0 Å². The number of thioether (sulfide) groups is 1. The van der Waals surface area contributed by atoms with Crippen molar-refractivity contribution in [1.29, 1.82) is 0 Å². The molecular weight excluding hydrogens is 685 g/mol. The lowest BCUT2D eigenvalue weighted by atomic mass is 9.91. The molecule has 2 heterocycles. The molecule has 10 heteroatoms. The fourth-order valence-corrected chi connectivity index (χ4v) is 7.37. The van der Waals surface area contributed by atoms with E-state index < -0.39 is 6.29 Å². The van der Waals surface area contributed by atoms with Gasteiger partial charge in [-0.1, -0.05) is 97.5 Å². The average molecular weight is 727 g/mol. The highest BCUT2D eigenvalue weighted by Crippen LogP contribution is 2.43. The summed E-state index contributed by atoms with van der Waals surface area (Å²) >= 11 is 1.67. The Hall–Kier alpha value is -5.39. The van der Waals surface area contributed by atoms with Crippen LogP contribution in [0.3, 0.4) is 0 Å². The van der Waals surface area contributed by atoms with Crippen LogP contribution in [0.15, 0.2) is 145 Å². The Morgan fingerprint density at radius 2 is 1.57 bits per heavy atom. The van der Waals surface area contributed by atoms with Crippen LogP contribution in [-0.4, -0.2) is 32.5 Å². The van der Waals surface area contributed by atoms with Gasteiger partial charge >= 0.3 is 6.03 Å². The van der Waals surface area contributed by atoms with Gasteiger partial charge in [-0.25, -0.2) is 9.78 Å². The van der Waals surface area contributed by atoms with E-state index >= 15 is 0 Å². The zero-order valence-corrected chi connectivity index (χ0v) is 30.4. The minimum absolute atomic E-state index is 0.00619. The number of aromatic nitrogens is 2. The molecule has 270 valence electrons. The van der Waals surface area contributed by atoms with Crippen molar-refractivity contribution in [2.45, 2.75) is 43.7 Å². The lowest BCUT2D eigenvalue weighted by Gasteiger charge is -2.41. The fraction of sp³-hybridized carbons (Fsp3) is 0.209. The fourth-order valence-electron chi connectivity index (χ4n) is 6.27. The summed E-state index contributed by atoms with van der Waals surface area (Å²) in [5.41, 5.74) is 6.48. The smallest absolute Gasteiger partial charge is 0.319 e. The van der Waals surface area contributed by atoms with Crippen molar-refractivity contribution in [2.75, 3.05) is 11.1 Å². The first-order chi connectivity index (χ1) is 25.9. The Balaban J connectivity index is 1.02. The quantitative estimate of drug-likeness (QED) is 0.108. The average Bonchev–Trinajstić information content (AvgIpc) is 3.62. The van der Waals surface area contributed by atoms with Crippen molar-refractivity contribution in [3.05, 3.63) is 162 Å². The lowest BCUT2D eigenvalue weighted by molar-refractivity contribution is -0.268. The Labute approximate surface area is 314 Å². The number of urea groups is 1. The van der Waals surface area contributed by atoms with E-state index in [0.29, 0.717) is 23.7 Å². The second-order valence-electron chi connectivity index (χ2n) is 13.0. The van der Waals surface area contributed by atoms with Crippen molar-refractivity contribution in [2.24, 2.45) is 13.0 Å². The number of hydrogen-bond donors (Lipinski definition) is 3. The summed E-state index contributed by atoms with van der Waals surface area (Å²) in [5, 5.41) is 16.4. The van der Waals surface area contributed by atoms with Crippen LogP contribution in [0.5, 0.6) is 11.5 Å². The zero-order chi connectivity index (χ0) is 36.6. The van der Waals surface area contributed by atoms with Gasteiger partial charge in [-0.3, -0.25) is 0 Å². The number of carbonyl (C=O) groups is 1. The van der Waals surface area contributed by atoms with Crippen LogP contribution in [0, 0.1) is 5.92 Å². The monoisotopic (exact) mass is 726 g/mol. The van der Waals surface area contributed by atoms with Crippen molar-refractivity contribution in [3.8, 4) is 22.6 Å². The number of benzene rings is 5. The van der Waals surface area contributed by atoms with Gasteiger partial charge in [-0.2, -0.15) is 0 Å². The van der Waals surface area contributed by atoms with Gasteiger partial charge in [0.1, 0.15) is 11.5 Å². The van der Waals surface area contributed by atoms with Crippen molar-refractivity contribution >= 4 is 23.5 Å². The van der Waals surface area contributed by atoms with E-state index in [1.54, 1.807) is 18.0 Å². The van der Waals surface area contributed by atoms with E-state index in [2.05, 4.69) is 46.8 Å². The predicted molar refractivity (Wildman–Crippen MR) is 208 cm³/mol. The van der Waals surface area contributed by atoms with E-state index in [9.17, 15) is 9.90 Å². The van der Waals surface area contributed by atoms with Gasteiger partial charge in [-0.15, -0.1) is 0 Å². The summed E-state index contributed by atoms with van der Waals surface area (Å²) in [4.78, 5) is 17.3. The predicted octanol–water partition coefficient (Wildman–Crippen LogP) is 9.28. The molecule has 7 rings (SSSR count). The van der Waals surface area contributed by atoms with E-state index in [1.165, 1.54) is 0 Å². The molecule has 9 nitrogen and oxygen atoms in total. The van der Waals surface area contributed by atoms with Crippen LogP contribution in [0.4, 0.5) is 10.5 Å². The molecule has 6 aromatic rings. The number of aryl methyl sites for hydroxylation is 1. The molecule has 5 aromatic carbocycles. The Morgan fingerprint density at radius 3 is 2.30 bits per heavy atom. The maximum absolute atomic E-state index is 12.8. The third-order valence-electron chi connectivity index (χ3n) is 9.24. The van der Waals surface area contributed by atoms with Gasteiger partial charge in [0.2, 0.25) is 0 Å². The number of nitrogens with one attached hydrogen (secondary N) is 2. The molecule has 0 radical (unpaired) electrons. The first-order valence-electron chi connectivity index (χ1n) is 17.6. The van der Waals surface area contributed by atoms with Gasteiger partial charge in [0.15, 0.2) is 11.4 Å². The summed E-state index contributed by atoms with van der Waals surface area (Å²) in [6.45, 7) is 2.51. The number of ether oxygens (including phenoxy) is 3. The first kappa shape index (κ1) is 36.0. The second kappa shape index (κ2) is 17.0. The van der Waals surface area contributed by atoms with Crippen molar-refractivity contribution in [3.63, 3.8) is 0 Å². The number of imidazole rings is 1. The molecule has 1 aromatic heterocycles. The highest BCUT2D eigenvalue weighted by molar-refractivity contribution is 7.99. The molecule has 1 aliphatic rings. The largest absolute Gasteiger partial charge is 0.457 e. The lowest BCUT2D eigenvalue weighted by Crippen LogP contribution is -2.38. The molecule has 0 saturated carbocycles. The number of rotatable bonds is 12. The summed E-state index contributed by atoms with van der Waals surface area (Å²) in [7, 11) is 1.99. The number of amides is 2. The number of nitrogens with zero attached hydrogens (tertiary/aromatic N) is 2. The van der Waals surface area contributed by atoms with E-state index in [4.69, 9.17) is 14.2 Å². The Kier molecular flexibility index (Phi) is 11.5. The molecule has 4 unspecified atom stereocenters. The number of aliphatic hydroxyl groups is 1. The molecule has 1 aliphatic heterocycles. The summed E-state index contributed by atoms with van der Waals surface area (Å²) in [5.74, 6) is 2.22. The van der Waals surface area contributed by atoms with Crippen molar-refractivity contribution in [1.82, 2.24) is 14.9 Å². The number of anilines is 1. The SMILES string of the molecule is CC1C(CSc2nccn2C)OC(c2cccc(-c3cccc(CNC(=O)Nc4ccc(Oc5ccccc5)cc4)c3)c2)OC1c1ccc(CO)cc1. The van der Waals surface area contributed by atoms with Crippen LogP contribution in [0.1, 0.15) is 41.6 Å². The molecule has 0 spiro atoms. The third-order valence-corrected chi connectivity index (χ3v) is 10.4. The standard InChI is InChI=1S/C43H42N4O5S/c1-29-39(28-53-43-44-22-23-47(43)2)51-41(52-40(29)32-16-14-30(27-48)15-17-32)35-11-7-10-34(25-35)33-9-6-8-31(24-33)26-45-42(49)46-36-18-20-38(21-19-36)50-37-12-4-3-5-13-37/h3-25,29,39-41,48H,26-28H2,1-2H3,(H2,45,46,49). The van der Waals surface area contributed by atoms with Gasteiger partial charge in [0.05, 0.1) is 18.8 Å². The van der Waals surface area contributed by atoms with E-state index in [0.717, 1.165) is 44.3 Å². The van der Waals surface area contributed by atoms with E-state index in [1.807, 2.05) is 121 Å². The van der Waals surface area contributed by atoms with Crippen molar-refractivity contribution < 1.29 is 24.1 Å². The number of para-hydroxylation sites is 1. The molecule has 1 fully saturated rings. The Bertz CT molecular complexity index is 2110. The van der Waals surface area contributed by atoms with Gasteiger partial charge in [-0.05, 0) is 76.3 Å². The number of aliphatic hydroxyl groups excluding tert-OH is 1. The summed E-state index contributed by atoms with van der Waals surface area (Å²) in [6, 6.07) is 40.8. The minimum atomic E-state index is -0.590. The normalized spacial score (nSPS) is 18.3. The summed E-state index contributed by atoms with van der Waals surface area (Å²) in [6.07, 6.45) is 2.84. The third kappa shape index (κ3) is 9.16. The van der Waals surface area contributed by atoms with Crippen LogP contribution >= 0.6 is 11.8 Å². The molecule has 4 atom stereocenters. The zero-order valence-electron chi connectivity index (χ0n) is 29.6. The molecule has 1 saturated heterocycles. The topological polar surface area (TPSA) is 107 Å². The highest BCUT2D eigenvalue weighted by atomic mass is 32.2. The van der Waals surface area contributed by atoms with Crippen LogP contribution < -0.4 is 15.4 Å². The Morgan fingerprint density at radius 1 is 0.830 bits per heavy atom. The highest BCUT2D eigenvalue weighted by Gasteiger charge is 2.38. The van der Waals surface area contributed by atoms with E-state index in [-0.39, 0.29) is 30.8 Å². The summed E-state index contributed by atoms with van der Waals surface area (Å²) < 4.78 is 21.3. The minimum Gasteiger partial charge on any atom is -0.457 e. The molecule has 2 amide bonds. The van der Waals surface area contributed by atoms with Gasteiger partial charge in [0, 0.05) is 48.9 Å². The molecular formula is C43H42N4O5S. The van der Waals surface area contributed by atoms with Gasteiger partial charge < -0.3 is 34.5 Å². The second-order valence-corrected chi connectivity index (χ2v) is 14.0. The van der Waals surface area contributed by atoms with Crippen LogP contribution in [-0.2, 0) is 29.7 Å². The van der Waals surface area contributed by atoms with Crippen LogP contribution in [0.25, 0.3) is 11.1 Å². The molecule has 0 aliphatic carbocycles. The number of hydrogen-bond acceptors (Lipinski definition) is 7. The first-order valence-corrected chi connectivity index (χ1v) is 18.6. The number of carbonyl (C=O) groups excluding carboxylic acids is 1.